The van der Waals surface area contributed by atoms with Gasteiger partial charge in [-0.05, 0) is 82.1 Å². The van der Waals surface area contributed by atoms with Gasteiger partial charge in [-0.3, -0.25) is 14.9 Å². The van der Waals surface area contributed by atoms with E-state index < -0.39 is 11.7 Å². The van der Waals surface area contributed by atoms with Crippen LogP contribution in [0.2, 0.25) is 0 Å². The molecule has 0 saturated carbocycles. The quantitative estimate of drug-likeness (QED) is 0.127. The zero-order valence-electron chi connectivity index (χ0n) is 32.9. The van der Waals surface area contributed by atoms with Crippen LogP contribution in [0.3, 0.4) is 0 Å². The van der Waals surface area contributed by atoms with Crippen LogP contribution in [0.15, 0.2) is 84.9 Å². The molecule has 0 saturated heterocycles. The predicted molar refractivity (Wildman–Crippen MR) is 239 cm³/mol. The van der Waals surface area contributed by atoms with E-state index in [1.807, 2.05) is 86.6 Å². The summed E-state index contributed by atoms with van der Waals surface area (Å²) in [5, 5.41) is 23.6. The van der Waals surface area contributed by atoms with Crippen LogP contribution in [0.5, 0.6) is 0 Å². The summed E-state index contributed by atoms with van der Waals surface area (Å²) in [5.41, 5.74) is 13.0. The summed E-state index contributed by atoms with van der Waals surface area (Å²) in [6.45, 7) is 9.49. The van der Waals surface area contributed by atoms with Crippen molar-refractivity contribution in [2.45, 2.75) is 65.9 Å². The Kier molecular flexibility index (Phi) is 12.6. The second-order valence-corrected chi connectivity index (χ2v) is 19.0. The molecule has 8 aromatic rings. The summed E-state index contributed by atoms with van der Waals surface area (Å²) in [7, 11) is 0. The minimum Gasteiger partial charge on any atom is -0.444 e. The van der Waals surface area contributed by atoms with E-state index in [1.165, 1.54) is 50.9 Å². The number of hydrogen-bond acceptors (Lipinski definition) is 15. The molecule has 0 unspecified atom stereocenters. The second kappa shape index (κ2) is 18.0. The van der Waals surface area contributed by atoms with Crippen LogP contribution >= 0.6 is 45.3 Å². The lowest BCUT2D eigenvalue weighted by Gasteiger charge is -2.18. The number of hydrogen-bond donors (Lipinski definition) is 2. The third kappa shape index (κ3) is 11.4. The van der Waals surface area contributed by atoms with Crippen molar-refractivity contribution in [2.75, 3.05) is 11.1 Å². The van der Waals surface area contributed by atoms with Gasteiger partial charge in [0.2, 0.25) is 0 Å². The molecule has 8 rings (SSSR count). The predicted octanol–water partition coefficient (Wildman–Crippen LogP) is 9.88. The van der Waals surface area contributed by atoms with Gasteiger partial charge in [-0.1, -0.05) is 105 Å². The van der Waals surface area contributed by atoms with Crippen LogP contribution in [0.4, 0.5) is 15.1 Å². The number of aromatic nitrogens is 6. The summed E-state index contributed by atoms with van der Waals surface area (Å²) in [6.07, 6.45) is 0.663. The minimum absolute atomic E-state index is 0.0675. The summed E-state index contributed by atoms with van der Waals surface area (Å²) in [5.74, 6) is 0.187. The van der Waals surface area contributed by atoms with E-state index >= 15 is 0 Å². The van der Waals surface area contributed by atoms with Crippen LogP contribution in [0.1, 0.15) is 53.0 Å². The Morgan fingerprint density at radius 3 is 1.64 bits per heavy atom. The van der Waals surface area contributed by atoms with Crippen molar-refractivity contribution in [1.29, 1.82) is 0 Å². The number of ether oxygens (including phenoxy) is 1. The molecule has 0 radical (unpaired) electrons. The molecule has 59 heavy (non-hydrogen) atoms. The normalized spacial score (nSPS) is 11.3. The van der Waals surface area contributed by atoms with Crippen LogP contribution in [0.25, 0.3) is 41.6 Å². The Morgan fingerprint density at radius 1 is 0.627 bits per heavy atom. The molecule has 300 valence electrons. The van der Waals surface area contributed by atoms with Gasteiger partial charge in [0.15, 0.2) is 10.3 Å². The molecule has 0 aliphatic rings. The maximum Gasteiger partial charge on any atom is 0.413 e. The molecule has 0 aliphatic heterocycles. The number of Topliss-reactive ketones (excluding diaryl/α,β-unsaturated/α-hetero) is 2. The van der Waals surface area contributed by atoms with E-state index in [0.29, 0.717) is 34.5 Å². The number of amides is 1. The number of fused-ring (bicyclic) bond motifs is 2. The van der Waals surface area contributed by atoms with Gasteiger partial charge in [0.05, 0.1) is 33.3 Å². The molecule has 12 nitrogen and oxygen atoms in total. The molecular weight excluding hydrogens is 821 g/mol. The topological polar surface area (TPSA) is 176 Å². The average molecular weight is 861 g/mol. The number of aryl methyl sites for hydroxylation is 2. The molecule has 0 atom stereocenters. The number of benzene rings is 4. The summed E-state index contributed by atoms with van der Waals surface area (Å²) >= 11 is 5.70. The first-order valence-electron chi connectivity index (χ1n) is 18.6. The summed E-state index contributed by atoms with van der Waals surface area (Å²) < 4.78 is 7.17. The fourth-order valence-corrected chi connectivity index (χ4v) is 9.42. The van der Waals surface area contributed by atoms with Crippen molar-refractivity contribution in [3.05, 3.63) is 117 Å². The number of ketones is 2. The fraction of sp³-hybridized carbons (Fsp3) is 0.233. The Hall–Kier alpha value is -5.81. The molecule has 4 heterocycles. The van der Waals surface area contributed by atoms with Crippen molar-refractivity contribution in [1.82, 2.24) is 30.4 Å². The molecular formula is C43H40N8O4S4. The molecule has 0 aliphatic carbocycles. The number of thiazole rings is 2. The Balaban J connectivity index is 0.000000184. The van der Waals surface area contributed by atoms with Gasteiger partial charge in [0, 0.05) is 24.0 Å². The van der Waals surface area contributed by atoms with Gasteiger partial charge in [-0.15, -0.1) is 20.4 Å². The first-order valence-corrected chi connectivity index (χ1v) is 21.8. The van der Waals surface area contributed by atoms with E-state index in [9.17, 15) is 14.4 Å². The minimum atomic E-state index is -0.581. The van der Waals surface area contributed by atoms with E-state index in [-0.39, 0.29) is 18.0 Å². The zero-order chi connectivity index (χ0) is 41.7. The smallest absolute Gasteiger partial charge is 0.413 e. The number of carbonyl (C=O) groups excluding carboxylic acids is 3. The van der Waals surface area contributed by atoms with Gasteiger partial charge < -0.3 is 10.5 Å². The highest BCUT2D eigenvalue weighted by atomic mass is 32.1. The Bertz CT molecular complexity index is 2800. The van der Waals surface area contributed by atoms with Gasteiger partial charge >= 0.3 is 6.09 Å². The van der Waals surface area contributed by atoms with E-state index in [2.05, 4.69) is 47.8 Å². The Morgan fingerprint density at radius 2 is 1.14 bits per heavy atom. The van der Waals surface area contributed by atoms with Crippen molar-refractivity contribution in [3.63, 3.8) is 0 Å². The van der Waals surface area contributed by atoms with Crippen LogP contribution in [-0.4, -0.2) is 53.6 Å². The first kappa shape index (κ1) is 41.4. The zero-order valence-corrected chi connectivity index (χ0v) is 36.2. The maximum absolute atomic E-state index is 12.7. The van der Waals surface area contributed by atoms with Crippen molar-refractivity contribution >= 4 is 93.7 Å². The van der Waals surface area contributed by atoms with Crippen molar-refractivity contribution < 1.29 is 19.1 Å². The number of nitrogens with one attached hydrogen (secondary N) is 1. The van der Waals surface area contributed by atoms with Crippen LogP contribution < -0.4 is 11.1 Å². The SMILES string of the molecule is Cc1cccc(-c2nnc(CC(=O)Cc3ccc4nc(N)sc4c3)s2)c1.Cc1cccc(-c2nnc(CC(=O)Cc3ccc4nc(NC(=O)OC(C)(C)C)sc4c3)s2)c1. The summed E-state index contributed by atoms with van der Waals surface area (Å²) in [4.78, 5) is 45.7. The lowest BCUT2D eigenvalue weighted by Crippen LogP contribution is -2.27. The average Bonchev–Trinajstić information content (AvgIpc) is 3.97. The van der Waals surface area contributed by atoms with Gasteiger partial charge in [0.25, 0.3) is 0 Å². The Labute approximate surface area is 356 Å². The maximum atomic E-state index is 12.7. The largest absolute Gasteiger partial charge is 0.444 e. The van der Waals surface area contributed by atoms with Crippen molar-refractivity contribution in [2.24, 2.45) is 0 Å². The highest BCUT2D eigenvalue weighted by molar-refractivity contribution is 7.22. The number of nitrogens with two attached hydrogens (primary N) is 1. The lowest BCUT2D eigenvalue weighted by molar-refractivity contribution is -0.118. The molecule has 4 aromatic carbocycles. The van der Waals surface area contributed by atoms with Gasteiger partial charge in [0.1, 0.15) is 37.2 Å². The molecule has 1 amide bonds. The second-order valence-electron chi connectivity index (χ2n) is 14.8. The third-order valence-electron chi connectivity index (χ3n) is 8.49. The van der Waals surface area contributed by atoms with Gasteiger partial charge in [-0.2, -0.15) is 0 Å². The van der Waals surface area contributed by atoms with Gasteiger partial charge in [-0.25, -0.2) is 14.8 Å². The van der Waals surface area contributed by atoms with Crippen molar-refractivity contribution in [3.8, 4) is 21.1 Å². The van der Waals surface area contributed by atoms with E-state index in [0.717, 1.165) is 63.3 Å². The van der Waals surface area contributed by atoms with E-state index in [4.69, 9.17) is 10.5 Å². The molecule has 0 spiro atoms. The highest BCUT2D eigenvalue weighted by Crippen LogP contribution is 2.30. The lowest BCUT2D eigenvalue weighted by atomic mass is 10.1. The highest BCUT2D eigenvalue weighted by Gasteiger charge is 2.18. The number of nitrogen functional groups attached to an aromatic ring is 1. The monoisotopic (exact) mass is 860 g/mol. The first-order chi connectivity index (χ1) is 28.2. The molecule has 4 aromatic heterocycles. The molecule has 3 N–H and O–H groups in total. The number of nitrogens with zero attached hydrogens (tertiary/aromatic N) is 6. The number of anilines is 2. The summed E-state index contributed by atoms with van der Waals surface area (Å²) in [6, 6.07) is 27.7. The fourth-order valence-electron chi connectivity index (χ4n) is 5.98. The number of rotatable bonds is 11. The molecule has 0 fully saturated rings. The third-order valence-corrected chi connectivity index (χ3v) is 12.2. The molecule has 16 heteroatoms. The number of carbonyl (C=O) groups is 3. The van der Waals surface area contributed by atoms with Crippen LogP contribution in [-0.2, 0) is 40.0 Å². The van der Waals surface area contributed by atoms with Crippen LogP contribution in [0, 0.1) is 13.8 Å². The standard InChI is InChI=1S/C24H24N4O3S2.C19H16N4OS2/c1-14-6-5-7-16(10-14)21-28-27-20(33-21)13-17(29)11-15-8-9-18-19(12-15)32-22(25-18)26-23(30)31-24(2,3)4;1-11-3-2-4-13(7-11)18-23-22-17(26-18)10-14(24)8-12-5-6-15-16(9-12)25-19(20)21-15/h5-10,12H,11,13H2,1-4H3,(H,25,26,30);2-7,9H,8,10H2,1H3,(H2,20,21). The van der Waals surface area contributed by atoms with E-state index in [1.54, 1.807) is 20.8 Å². The molecule has 0 bridgehead atoms.